The summed E-state index contributed by atoms with van der Waals surface area (Å²) in [6, 6.07) is 7.35. The molecular formula is C11H13ClO3. The second kappa shape index (κ2) is 4.10. The first-order valence-electron chi connectivity index (χ1n) is 4.83. The monoisotopic (exact) mass is 228 g/mol. The van der Waals surface area contributed by atoms with Crippen molar-refractivity contribution in [1.82, 2.24) is 0 Å². The molecule has 15 heavy (non-hydrogen) atoms. The first-order chi connectivity index (χ1) is 7.14. The maximum atomic E-state index is 8.97. The van der Waals surface area contributed by atoms with Crippen LogP contribution < -0.4 is 0 Å². The fourth-order valence-corrected chi connectivity index (χ4v) is 1.84. The zero-order chi connectivity index (χ0) is 10.9. The van der Waals surface area contributed by atoms with Crippen LogP contribution in [0.5, 0.6) is 0 Å². The van der Waals surface area contributed by atoms with Gasteiger partial charge in [-0.3, -0.25) is 0 Å². The van der Waals surface area contributed by atoms with Crippen LogP contribution in [0.4, 0.5) is 0 Å². The lowest BCUT2D eigenvalue weighted by molar-refractivity contribution is -0.165. The van der Waals surface area contributed by atoms with E-state index in [0.29, 0.717) is 11.6 Å². The molecule has 0 spiro atoms. The number of halogens is 1. The van der Waals surface area contributed by atoms with E-state index in [2.05, 4.69) is 0 Å². The minimum Gasteiger partial charge on any atom is -0.394 e. The van der Waals surface area contributed by atoms with E-state index in [4.69, 9.17) is 26.2 Å². The molecule has 1 N–H and O–H groups in total. The fourth-order valence-electron chi connectivity index (χ4n) is 1.65. The molecule has 4 heteroatoms. The lowest BCUT2D eigenvalue weighted by atomic mass is 10.1. The topological polar surface area (TPSA) is 38.7 Å². The van der Waals surface area contributed by atoms with Crippen molar-refractivity contribution in [1.29, 1.82) is 0 Å². The van der Waals surface area contributed by atoms with Gasteiger partial charge in [0.15, 0.2) is 5.79 Å². The van der Waals surface area contributed by atoms with Gasteiger partial charge in [0.25, 0.3) is 0 Å². The molecule has 1 aromatic carbocycles. The molecule has 2 unspecified atom stereocenters. The smallest absolute Gasteiger partial charge is 0.192 e. The number of hydrogen-bond donors (Lipinski definition) is 1. The Bertz CT molecular complexity index is 355. The average molecular weight is 229 g/mol. The van der Waals surface area contributed by atoms with E-state index in [1.165, 1.54) is 0 Å². The first kappa shape index (κ1) is 10.9. The van der Waals surface area contributed by atoms with Crippen LogP contribution >= 0.6 is 11.6 Å². The summed E-state index contributed by atoms with van der Waals surface area (Å²) >= 11 is 5.90. The highest BCUT2D eigenvalue weighted by Gasteiger charge is 2.38. The Morgan fingerprint density at radius 3 is 3.00 bits per heavy atom. The number of ether oxygens (including phenoxy) is 2. The van der Waals surface area contributed by atoms with Gasteiger partial charge in [-0.1, -0.05) is 23.7 Å². The van der Waals surface area contributed by atoms with Crippen molar-refractivity contribution in [3.8, 4) is 0 Å². The second-order valence-electron chi connectivity index (χ2n) is 3.69. The van der Waals surface area contributed by atoms with Crippen LogP contribution in [0, 0.1) is 0 Å². The van der Waals surface area contributed by atoms with Crippen molar-refractivity contribution in [2.45, 2.75) is 18.8 Å². The van der Waals surface area contributed by atoms with Crippen LogP contribution in [0.15, 0.2) is 24.3 Å². The minimum atomic E-state index is -0.793. The van der Waals surface area contributed by atoms with Gasteiger partial charge in [-0.2, -0.15) is 0 Å². The van der Waals surface area contributed by atoms with Gasteiger partial charge in [0.1, 0.15) is 6.10 Å². The van der Waals surface area contributed by atoms with Crippen molar-refractivity contribution >= 4 is 11.6 Å². The van der Waals surface area contributed by atoms with Gasteiger partial charge >= 0.3 is 0 Å². The Morgan fingerprint density at radius 1 is 1.60 bits per heavy atom. The molecule has 1 saturated heterocycles. The maximum Gasteiger partial charge on any atom is 0.192 e. The summed E-state index contributed by atoms with van der Waals surface area (Å²) in [5.74, 6) is -0.793. The van der Waals surface area contributed by atoms with Gasteiger partial charge in [-0.25, -0.2) is 0 Å². The Balaban J connectivity index is 2.23. The van der Waals surface area contributed by atoms with Gasteiger partial charge in [-0.05, 0) is 19.1 Å². The van der Waals surface area contributed by atoms with Crippen molar-refractivity contribution in [2.75, 3.05) is 13.2 Å². The Morgan fingerprint density at radius 2 is 2.40 bits per heavy atom. The highest BCUT2D eigenvalue weighted by atomic mass is 35.5. The van der Waals surface area contributed by atoms with Crippen LogP contribution in [-0.4, -0.2) is 24.4 Å². The van der Waals surface area contributed by atoms with Gasteiger partial charge in [0, 0.05) is 10.6 Å². The number of benzene rings is 1. The van der Waals surface area contributed by atoms with Crippen molar-refractivity contribution in [3.63, 3.8) is 0 Å². The Labute approximate surface area is 93.6 Å². The molecule has 1 aromatic rings. The van der Waals surface area contributed by atoms with Crippen LogP contribution in [0.25, 0.3) is 0 Å². The van der Waals surface area contributed by atoms with E-state index < -0.39 is 5.79 Å². The number of rotatable bonds is 2. The molecule has 1 aliphatic rings. The summed E-state index contributed by atoms with van der Waals surface area (Å²) in [4.78, 5) is 0. The van der Waals surface area contributed by atoms with Crippen molar-refractivity contribution < 1.29 is 14.6 Å². The second-order valence-corrected chi connectivity index (χ2v) is 4.13. The maximum absolute atomic E-state index is 8.97. The molecule has 3 nitrogen and oxygen atoms in total. The molecule has 0 saturated carbocycles. The highest BCUT2D eigenvalue weighted by Crippen LogP contribution is 2.34. The number of hydrogen-bond acceptors (Lipinski definition) is 3. The molecule has 1 aliphatic heterocycles. The van der Waals surface area contributed by atoms with Gasteiger partial charge in [0.2, 0.25) is 0 Å². The van der Waals surface area contributed by atoms with E-state index in [9.17, 15) is 0 Å². The van der Waals surface area contributed by atoms with Crippen LogP contribution in [0.2, 0.25) is 5.02 Å². The van der Waals surface area contributed by atoms with Crippen LogP contribution in [-0.2, 0) is 15.3 Å². The van der Waals surface area contributed by atoms with Crippen LogP contribution in [0.1, 0.15) is 12.5 Å². The zero-order valence-electron chi connectivity index (χ0n) is 8.44. The summed E-state index contributed by atoms with van der Waals surface area (Å²) in [6.45, 7) is 2.20. The third kappa shape index (κ3) is 2.16. The molecular weight excluding hydrogens is 216 g/mol. The Hall–Kier alpha value is -0.610. The summed E-state index contributed by atoms with van der Waals surface area (Å²) < 4.78 is 11.2. The molecule has 1 fully saturated rings. The third-order valence-electron chi connectivity index (χ3n) is 2.49. The largest absolute Gasteiger partial charge is 0.394 e. The van der Waals surface area contributed by atoms with E-state index in [1.807, 2.05) is 19.1 Å². The van der Waals surface area contributed by atoms with Crippen LogP contribution in [0.3, 0.4) is 0 Å². The number of aliphatic hydroxyl groups is 1. The quantitative estimate of drug-likeness (QED) is 0.841. The lowest BCUT2D eigenvalue weighted by Gasteiger charge is -2.23. The average Bonchev–Trinajstić information content (AvgIpc) is 2.62. The van der Waals surface area contributed by atoms with E-state index in [1.54, 1.807) is 12.1 Å². The third-order valence-corrected chi connectivity index (χ3v) is 2.72. The molecule has 1 heterocycles. The SMILES string of the molecule is CC1(c2cccc(Cl)c2)OCC(CO)O1. The predicted molar refractivity (Wildman–Crippen MR) is 56.7 cm³/mol. The molecule has 0 radical (unpaired) electrons. The van der Waals surface area contributed by atoms with Gasteiger partial charge in [0.05, 0.1) is 13.2 Å². The normalized spacial score (nSPS) is 30.7. The molecule has 0 amide bonds. The molecule has 0 aromatic heterocycles. The predicted octanol–water partition coefficient (Wildman–Crippen LogP) is 1.92. The minimum absolute atomic E-state index is 0.0316. The fraction of sp³-hybridized carbons (Fsp3) is 0.455. The summed E-state index contributed by atoms with van der Waals surface area (Å²) in [5.41, 5.74) is 0.867. The standard InChI is InChI=1S/C11H13ClO3/c1-11(14-7-10(6-13)15-11)8-3-2-4-9(12)5-8/h2-5,10,13H,6-7H2,1H3. The van der Waals surface area contributed by atoms with Crippen molar-refractivity contribution in [2.24, 2.45) is 0 Å². The summed E-state index contributed by atoms with van der Waals surface area (Å²) in [5, 5.41) is 9.62. The molecule has 0 aliphatic carbocycles. The van der Waals surface area contributed by atoms with E-state index in [-0.39, 0.29) is 12.7 Å². The van der Waals surface area contributed by atoms with Crippen molar-refractivity contribution in [3.05, 3.63) is 34.9 Å². The molecule has 82 valence electrons. The van der Waals surface area contributed by atoms with Gasteiger partial charge < -0.3 is 14.6 Å². The zero-order valence-corrected chi connectivity index (χ0v) is 9.20. The highest BCUT2D eigenvalue weighted by molar-refractivity contribution is 6.30. The Kier molecular flexibility index (Phi) is 2.98. The van der Waals surface area contributed by atoms with E-state index in [0.717, 1.165) is 5.56 Å². The number of aliphatic hydroxyl groups excluding tert-OH is 1. The lowest BCUT2D eigenvalue weighted by Crippen LogP contribution is -2.24. The molecule has 2 atom stereocenters. The first-order valence-corrected chi connectivity index (χ1v) is 5.20. The summed E-state index contributed by atoms with van der Waals surface area (Å²) in [7, 11) is 0. The van der Waals surface area contributed by atoms with E-state index >= 15 is 0 Å². The molecule has 2 rings (SSSR count). The summed E-state index contributed by atoms with van der Waals surface area (Å²) in [6.07, 6.45) is -0.256. The molecule has 0 bridgehead atoms. The van der Waals surface area contributed by atoms with Gasteiger partial charge in [-0.15, -0.1) is 0 Å².